The van der Waals surface area contributed by atoms with Crippen LogP contribution in [0, 0.1) is 5.82 Å². The third-order valence-electron chi connectivity index (χ3n) is 4.80. The fourth-order valence-electron chi connectivity index (χ4n) is 3.33. The zero-order chi connectivity index (χ0) is 24.6. The Morgan fingerprint density at radius 3 is 2.48 bits per heavy atom. The molecule has 2 heterocycles. The summed E-state index contributed by atoms with van der Waals surface area (Å²) in [7, 11) is 0. The normalized spacial score (nSPS) is 21.2. The number of rotatable bonds is 5. The molecule has 1 aliphatic rings. The molecule has 2 aromatic rings. The molecule has 1 aromatic carbocycles. The molecular formula is C20H16F7N3O3. The summed E-state index contributed by atoms with van der Waals surface area (Å²) in [6, 6.07) is 4.57. The van der Waals surface area contributed by atoms with E-state index in [1.165, 1.54) is 19.1 Å². The van der Waals surface area contributed by atoms with E-state index in [4.69, 9.17) is 5.73 Å². The number of hydrogen-bond donors (Lipinski definition) is 1. The lowest BCUT2D eigenvalue weighted by atomic mass is 9.84. The lowest BCUT2D eigenvalue weighted by Crippen LogP contribution is -2.46. The number of aliphatic imine (C=N–C) groups is 1. The molecular weight excluding hydrogens is 463 g/mol. The third-order valence-corrected chi connectivity index (χ3v) is 4.80. The summed E-state index contributed by atoms with van der Waals surface area (Å²) in [5.74, 6) is -2.11. The maximum atomic E-state index is 14.6. The summed E-state index contributed by atoms with van der Waals surface area (Å²) in [4.78, 5) is 19.9. The van der Waals surface area contributed by atoms with E-state index in [2.05, 4.69) is 19.5 Å². The average molecular weight is 479 g/mol. The molecule has 6 nitrogen and oxygen atoms in total. The average Bonchev–Trinajstić information content (AvgIpc) is 2.67. The first-order chi connectivity index (χ1) is 15.2. The number of nitrogens with zero attached hydrogens (tertiary/aromatic N) is 2. The third kappa shape index (κ3) is 5.90. The number of ketones is 1. The number of alkyl halides is 6. The number of amidine groups is 1. The van der Waals surface area contributed by atoms with E-state index in [9.17, 15) is 35.5 Å². The van der Waals surface area contributed by atoms with Crippen molar-refractivity contribution in [1.82, 2.24) is 4.98 Å². The van der Waals surface area contributed by atoms with Crippen LogP contribution in [-0.4, -0.2) is 35.4 Å². The molecule has 0 spiro atoms. The molecule has 0 saturated heterocycles. The molecule has 0 bridgehead atoms. The Labute approximate surface area is 182 Å². The van der Waals surface area contributed by atoms with E-state index in [0.717, 1.165) is 18.2 Å². The van der Waals surface area contributed by atoms with E-state index < -0.39 is 54.0 Å². The zero-order valence-electron chi connectivity index (χ0n) is 16.8. The minimum atomic E-state index is -4.92. The highest BCUT2D eigenvalue weighted by Gasteiger charge is 2.50. The first-order valence-electron chi connectivity index (χ1n) is 9.29. The lowest BCUT2D eigenvalue weighted by molar-refractivity contribution is -0.274. The fraction of sp³-hybridized carbons (Fsp3) is 0.350. The molecule has 2 atom stereocenters. The molecule has 0 unspecified atom stereocenters. The molecule has 0 radical (unpaired) electrons. The summed E-state index contributed by atoms with van der Waals surface area (Å²) in [6.45, 7) is 1.26. The number of ether oxygens (including phenoxy) is 2. The highest BCUT2D eigenvalue weighted by Crippen LogP contribution is 2.41. The maximum Gasteiger partial charge on any atom is 0.573 e. The van der Waals surface area contributed by atoms with Crippen LogP contribution in [0.5, 0.6) is 5.75 Å². The topological polar surface area (TPSA) is 86.8 Å². The van der Waals surface area contributed by atoms with Crippen molar-refractivity contribution in [3.63, 3.8) is 0 Å². The summed E-state index contributed by atoms with van der Waals surface area (Å²) in [6.07, 6.45) is -12.4. The van der Waals surface area contributed by atoms with Gasteiger partial charge in [-0.1, -0.05) is 6.07 Å². The van der Waals surface area contributed by atoms with Gasteiger partial charge in [0.25, 0.3) is 6.02 Å². The van der Waals surface area contributed by atoms with Crippen LogP contribution < -0.4 is 10.5 Å². The van der Waals surface area contributed by atoms with Gasteiger partial charge in [-0.3, -0.25) is 4.79 Å². The predicted octanol–water partition coefficient (Wildman–Crippen LogP) is 4.43. The highest BCUT2D eigenvalue weighted by molar-refractivity contribution is 5.95. The Morgan fingerprint density at radius 1 is 1.21 bits per heavy atom. The number of nitrogens with two attached hydrogens (primary N) is 1. The van der Waals surface area contributed by atoms with E-state index >= 15 is 0 Å². The van der Waals surface area contributed by atoms with Crippen LogP contribution in [0.4, 0.5) is 30.7 Å². The van der Waals surface area contributed by atoms with E-state index in [1.54, 1.807) is 0 Å². The molecule has 1 aromatic heterocycles. The summed E-state index contributed by atoms with van der Waals surface area (Å²) in [5.41, 5.74) is 3.48. The Bertz CT molecular complexity index is 1070. The van der Waals surface area contributed by atoms with Crippen molar-refractivity contribution in [2.75, 3.05) is 0 Å². The SMILES string of the molecule is C[C@@]1(c2cc(CC(=O)c3ccc(OC(F)(F)F)cn3)ccc2F)C[C@@H](C(F)(F)F)OC(N)=N1. The Hall–Kier alpha value is -3.38. The summed E-state index contributed by atoms with van der Waals surface area (Å²) in [5, 5.41) is 0. The monoisotopic (exact) mass is 479 g/mol. The number of carbonyl (C=O) groups is 1. The van der Waals surface area contributed by atoms with Crippen LogP contribution in [0.3, 0.4) is 0 Å². The smallest absolute Gasteiger partial charge is 0.452 e. The van der Waals surface area contributed by atoms with Crippen LogP contribution in [0.2, 0.25) is 0 Å². The quantitative estimate of drug-likeness (QED) is 0.507. The number of halogens is 7. The van der Waals surface area contributed by atoms with Gasteiger partial charge in [-0.15, -0.1) is 13.2 Å². The second-order valence-corrected chi connectivity index (χ2v) is 7.42. The second-order valence-electron chi connectivity index (χ2n) is 7.42. The molecule has 3 rings (SSSR count). The molecule has 2 N–H and O–H groups in total. The van der Waals surface area contributed by atoms with Gasteiger partial charge in [-0.05, 0) is 36.8 Å². The van der Waals surface area contributed by atoms with Crippen molar-refractivity contribution in [2.24, 2.45) is 10.7 Å². The Kier molecular flexibility index (Phi) is 6.27. The Balaban J connectivity index is 1.83. The van der Waals surface area contributed by atoms with E-state index in [0.29, 0.717) is 6.20 Å². The number of Topliss-reactive ketones (excluding diaryl/α,β-unsaturated/α-hetero) is 1. The number of benzene rings is 1. The summed E-state index contributed by atoms with van der Waals surface area (Å²) < 4.78 is 99.0. The molecule has 1 aliphatic heterocycles. The van der Waals surface area contributed by atoms with Gasteiger partial charge in [-0.2, -0.15) is 13.2 Å². The number of aromatic nitrogens is 1. The molecule has 33 heavy (non-hydrogen) atoms. The molecule has 178 valence electrons. The molecule has 13 heteroatoms. The van der Waals surface area contributed by atoms with E-state index in [-0.39, 0.29) is 23.2 Å². The van der Waals surface area contributed by atoms with Gasteiger partial charge in [0, 0.05) is 18.4 Å². The first kappa shape index (κ1) is 24.3. The van der Waals surface area contributed by atoms with Crippen LogP contribution in [0.1, 0.15) is 35.0 Å². The first-order valence-corrected chi connectivity index (χ1v) is 9.29. The van der Waals surface area contributed by atoms with Gasteiger partial charge in [0.05, 0.1) is 11.7 Å². The van der Waals surface area contributed by atoms with Crippen molar-refractivity contribution < 1.29 is 45.0 Å². The van der Waals surface area contributed by atoms with Crippen molar-refractivity contribution >= 4 is 11.8 Å². The summed E-state index contributed by atoms with van der Waals surface area (Å²) >= 11 is 0. The van der Waals surface area contributed by atoms with Gasteiger partial charge in [0.15, 0.2) is 11.9 Å². The fourth-order valence-corrected chi connectivity index (χ4v) is 3.33. The number of pyridine rings is 1. The van der Waals surface area contributed by atoms with Crippen molar-refractivity contribution in [3.05, 3.63) is 59.2 Å². The number of carbonyl (C=O) groups excluding carboxylic acids is 1. The van der Waals surface area contributed by atoms with Gasteiger partial charge >= 0.3 is 12.5 Å². The number of hydrogen-bond acceptors (Lipinski definition) is 6. The minimum absolute atomic E-state index is 0.188. The van der Waals surface area contributed by atoms with Gasteiger partial charge < -0.3 is 15.2 Å². The van der Waals surface area contributed by atoms with Crippen molar-refractivity contribution in [3.8, 4) is 5.75 Å². The molecule has 0 fully saturated rings. The molecule has 0 aliphatic carbocycles. The van der Waals surface area contributed by atoms with Crippen LogP contribution in [-0.2, 0) is 16.7 Å². The maximum absolute atomic E-state index is 14.6. The van der Waals surface area contributed by atoms with E-state index in [1.807, 2.05) is 0 Å². The Morgan fingerprint density at radius 2 is 1.91 bits per heavy atom. The van der Waals surface area contributed by atoms with Crippen molar-refractivity contribution in [1.29, 1.82) is 0 Å². The molecule has 0 amide bonds. The predicted molar refractivity (Wildman–Crippen MR) is 99.9 cm³/mol. The van der Waals surface area contributed by atoms with Crippen LogP contribution in [0.15, 0.2) is 41.5 Å². The molecule has 0 saturated carbocycles. The largest absolute Gasteiger partial charge is 0.573 e. The lowest BCUT2D eigenvalue weighted by Gasteiger charge is -2.36. The zero-order valence-corrected chi connectivity index (χ0v) is 16.8. The van der Waals surface area contributed by atoms with Gasteiger partial charge in [0.1, 0.15) is 17.3 Å². The van der Waals surface area contributed by atoms with Crippen LogP contribution >= 0.6 is 0 Å². The van der Waals surface area contributed by atoms with Crippen molar-refractivity contribution in [2.45, 2.75) is 43.9 Å². The van der Waals surface area contributed by atoms with Gasteiger partial charge in [0.2, 0.25) is 0 Å². The standard InChI is InChI=1S/C20H16F7N3O3/c1-18(8-16(19(22,23)24)32-17(28)30-18)12-6-10(2-4-13(12)21)7-15(31)14-5-3-11(9-29-14)33-20(25,26)27/h2-6,9,16H,7-8H2,1H3,(H2,28,30)/t16-,18-/m0/s1. The highest BCUT2D eigenvalue weighted by atomic mass is 19.4. The minimum Gasteiger partial charge on any atom is -0.452 e. The van der Waals surface area contributed by atoms with Gasteiger partial charge in [-0.25, -0.2) is 14.4 Å². The second kappa shape index (κ2) is 8.52. The van der Waals surface area contributed by atoms with Crippen LogP contribution in [0.25, 0.3) is 0 Å².